The van der Waals surface area contributed by atoms with Crippen LogP contribution >= 0.6 is 11.6 Å². The number of pyridine rings is 1. The molecular formula is C27H26ClF2N3O2. The third kappa shape index (κ3) is 4.82. The van der Waals surface area contributed by atoms with Crippen LogP contribution in [0.15, 0.2) is 53.5 Å². The number of aryl methyl sites for hydroxylation is 1. The van der Waals surface area contributed by atoms with Crippen LogP contribution in [0.5, 0.6) is 0 Å². The zero-order valence-electron chi connectivity index (χ0n) is 19.4. The van der Waals surface area contributed by atoms with E-state index in [0.717, 1.165) is 31.2 Å². The van der Waals surface area contributed by atoms with E-state index in [4.69, 9.17) is 11.6 Å². The zero-order chi connectivity index (χ0) is 24.7. The molecule has 8 heteroatoms. The van der Waals surface area contributed by atoms with Crippen LogP contribution in [0.2, 0.25) is 5.02 Å². The van der Waals surface area contributed by atoms with Crippen LogP contribution in [-0.4, -0.2) is 28.5 Å². The number of rotatable bonds is 5. The topological polar surface area (TPSA) is 54.3 Å². The number of amides is 1. The molecule has 2 aliphatic rings. The number of aromatic nitrogens is 1. The van der Waals surface area contributed by atoms with Crippen LogP contribution in [0.1, 0.15) is 59.1 Å². The van der Waals surface area contributed by atoms with Crippen LogP contribution < -0.4 is 10.9 Å². The molecule has 5 rings (SSSR count). The van der Waals surface area contributed by atoms with Gasteiger partial charge in [0.25, 0.3) is 11.5 Å². The molecule has 1 aliphatic carbocycles. The second-order valence-corrected chi connectivity index (χ2v) is 9.76. The summed E-state index contributed by atoms with van der Waals surface area (Å²) in [5, 5.41) is 3.08. The fraction of sp³-hybridized carbons (Fsp3) is 0.333. The quantitative estimate of drug-likeness (QED) is 0.457. The highest BCUT2D eigenvalue weighted by atomic mass is 35.5. The molecule has 2 fully saturated rings. The molecule has 2 aromatic carbocycles. The number of carbonyl (C=O) groups is 1. The second kappa shape index (κ2) is 9.46. The Labute approximate surface area is 207 Å². The van der Waals surface area contributed by atoms with Crippen molar-refractivity contribution in [3.8, 4) is 0 Å². The smallest absolute Gasteiger partial charge is 0.271 e. The molecule has 0 bridgehead atoms. The number of benzene rings is 2. The molecule has 1 saturated carbocycles. The lowest BCUT2D eigenvalue weighted by Gasteiger charge is -2.33. The van der Waals surface area contributed by atoms with Crippen LogP contribution in [0.3, 0.4) is 0 Å². The Kier molecular flexibility index (Phi) is 6.36. The van der Waals surface area contributed by atoms with Gasteiger partial charge >= 0.3 is 0 Å². The molecule has 0 unspecified atom stereocenters. The Morgan fingerprint density at radius 3 is 2.29 bits per heavy atom. The van der Waals surface area contributed by atoms with E-state index in [1.54, 1.807) is 40.8 Å². The highest BCUT2D eigenvalue weighted by Gasteiger charge is 2.31. The summed E-state index contributed by atoms with van der Waals surface area (Å²) in [6.07, 6.45) is 4.87. The monoisotopic (exact) mass is 497 g/mol. The van der Waals surface area contributed by atoms with E-state index >= 15 is 0 Å². The molecule has 1 aromatic heterocycles. The van der Waals surface area contributed by atoms with E-state index in [1.807, 2.05) is 0 Å². The van der Waals surface area contributed by atoms with Gasteiger partial charge in [0, 0.05) is 31.0 Å². The number of piperidine rings is 1. The number of anilines is 2. The number of nitrogens with zero attached hydrogens (tertiary/aromatic N) is 2. The van der Waals surface area contributed by atoms with Gasteiger partial charge < -0.3 is 14.8 Å². The van der Waals surface area contributed by atoms with Crippen molar-refractivity contribution in [1.29, 1.82) is 0 Å². The largest absolute Gasteiger partial charge is 0.353 e. The van der Waals surface area contributed by atoms with Crippen molar-refractivity contribution < 1.29 is 13.6 Å². The summed E-state index contributed by atoms with van der Waals surface area (Å²) in [7, 11) is 0. The van der Waals surface area contributed by atoms with Gasteiger partial charge in [0.05, 0.1) is 11.3 Å². The summed E-state index contributed by atoms with van der Waals surface area (Å²) in [4.78, 5) is 28.4. The van der Waals surface area contributed by atoms with E-state index < -0.39 is 0 Å². The fourth-order valence-corrected chi connectivity index (χ4v) is 4.98. The van der Waals surface area contributed by atoms with E-state index in [-0.39, 0.29) is 45.8 Å². The first-order valence-corrected chi connectivity index (χ1v) is 12.2. The van der Waals surface area contributed by atoms with E-state index in [0.29, 0.717) is 29.9 Å². The lowest BCUT2D eigenvalue weighted by Crippen LogP contribution is -2.39. The molecule has 5 nitrogen and oxygen atoms in total. The summed E-state index contributed by atoms with van der Waals surface area (Å²) in [5.74, 6) is -0.590. The van der Waals surface area contributed by atoms with Crippen molar-refractivity contribution in [3.63, 3.8) is 0 Å². The molecule has 182 valence electrons. The van der Waals surface area contributed by atoms with Crippen molar-refractivity contribution >= 4 is 28.9 Å². The van der Waals surface area contributed by atoms with Crippen molar-refractivity contribution in [1.82, 2.24) is 9.47 Å². The van der Waals surface area contributed by atoms with E-state index in [9.17, 15) is 18.4 Å². The van der Waals surface area contributed by atoms with E-state index in [2.05, 4.69) is 5.32 Å². The Morgan fingerprint density at radius 1 is 1.00 bits per heavy atom. The van der Waals surface area contributed by atoms with Gasteiger partial charge in [-0.2, -0.15) is 0 Å². The van der Waals surface area contributed by atoms with Crippen LogP contribution in [0.25, 0.3) is 0 Å². The molecule has 1 N–H and O–H groups in total. The minimum absolute atomic E-state index is 0.0485. The SMILES string of the molecule is Cc1cc(F)ccc1Nc1c(C(=O)N2CCC(c3ccc(F)cc3)CC2)cn(C2CC2)c(=O)c1Cl. The second-order valence-electron chi connectivity index (χ2n) is 9.38. The van der Waals surface area contributed by atoms with Crippen LogP contribution in [0, 0.1) is 18.6 Å². The van der Waals surface area contributed by atoms with Gasteiger partial charge in [-0.15, -0.1) is 0 Å². The van der Waals surface area contributed by atoms with Gasteiger partial charge in [0.2, 0.25) is 0 Å². The average Bonchev–Trinajstić information content (AvgIpc) is 3.69. The molecule has 0 atom stereocenters. The average molecular weight is 498 g/mol. The maximum Gasteiger partial charge on any atom is 0.271 e. The van der Waals surface area contributed by atoms with Gasteiger partial charge in [-0.1, -0.05) is 23.7 Å². The Balaban J connectivity index is 1.44. The van der Waals surface area contributed by atoms with Crippen molar-refractivity contribution in [3.05, 3.63) is 92.4 Å². The molecular weight excluding hydrogens is 472 g/mol. The highest BCUT2D eigenvalue weighted by molar-refractivity contribution is 6.34. The van der Waals surface area contributed by atoms with Gasteiger partial charge in [-0.25, -0.2) is 8.78 Å². The molecule has 1 saturated heterocycles. The minimum atomic E-state index is -0.372. The molecule has 1 amide bonds. The van der Waals surface area contributed by atoms with Gasteiger partial charge in [0.15, 0.2) is 0 Å². The van der Waals surface area contributed by atoms with Crippen molar-refractivity contribution in [2.24, 2.45) is 0 Å². The third-order valence-corrected chi connectivity index (χ3v) is 7.27. The Bertz CT molecular complexity index is 1330. The molecule has 0 spiro atoms. The summed E-state index contributed by atoms with van der Waals surface area (Å²) in [6.45, 7) is 2.82. The summed E-state index contributed by atoms with van der Waals surface area (Å²) in [5.41, 5.74) is 2.49. The first-order chi connectivity index (χ1) is 16.8. The van der Waals surface area contributed by atoms with Crippen molar-refractivity contribution in [2.45, 2.75) is 44.6 Å². The maximum atomic E-state index is 13.7. The fourth-order valence-electron chi connectivity index (χ4n) is 4.73. The van der Waals surface area contributed by atoms with E-state index in [1.165, 1.54) is 24.3 Å². The number of hydrogen-bond acceptors (Lipinski definition) is 3. The van der Waals surface area contributed by atoms with Crippen LogP contribution in [0.4, 0.5) is 20.2 Å². The predicted octanol–water partition coefficient (Wildman–Crippen LogP) is 6.19. The molecule has 0 radical (unpaired) electrons. The first kappa shape index (κ1) is 23.5. The summed E-state index contributed by atoms with van der Waals surface area (Å²) < 4.78 is 28.5. The highest BCUT2D eigenvalue weighted by Crippen LogP contribution is 2.37. The third-order valence-electron chi connectivity index (χ3n) is 6.92. The Hall–Kier alpha value is -3.19. The minimum Gasteiger partial charge on any atom is -0.353 e. The van der Waals surface area contributed by atoms with Gasteiger partial charge in [-0.05, 0) is 80.0 Å². The number of carbonyl (C=O) groups excluding carboxylic acids is 1. The van der Waals surface area contributed by atoms with Gasteiger partial charge in [-0.3, -0.25) is 9.59 Å². The summed E-state index contributed by atoms with van der Waals surface area (Å²) in [6, 6.07) is 10.8. The molecule has 2 heterocycles. The molecule has 35 heavy (non-hydrogen) atoms. The number of nitrogens with one attached hydrogen (secondary N) is 1. The number of halogens is 3. The van der Waals surface area contributed by atoms with Gasteiger partial charge in [0.1, 0.15) is 16.7 Å². The number of likely N-dealkylation sites (tertiary alicyclic amines) is 1. The molecule has 3 aromatic rings. The number of hydrogen-bond donors (Lipinski definition) is 1. The molecule has 1 aliphatic heterocycles. The first-order valence-electron chi connectivity index (χ1n) is 11.8. The standard InChI is InChI=1S/C27H26ClF2N3O2/c1-16-14-20(30)6-9-23(16)31-25-22(15-33(21-7-8-21)27(35)24(25)28)26(34)32-12-10-18(11-13-32)17-2-4-19(29)5-3-17/h2-6,9,14-15,18,21,31H,7-8,10-13H2,1H3. The van der Waals surface area contributed by atoms with Crippen LogP contribution in [-0.2, 0) is 0 Å². The maximum absolute atomic E-state index is 13.7. The Morgan fingerprint density at radius 2 is 1.66 bits per heavy atom. The van der Waals surface area contributed by atoms with Crippen molar-refractivity contribution in [2.75, 3.05) is 18.4 Å². The summed E-state index contributed by atoms with van der Waals surface area (Å²) >= 11 is 6.54. The normalized spacial score (nSPS) is 16.4. The zero-order valence-corrected chi connectivity index (χ0v) is 20.1. The predicted molar refractivity (Wildman–Crippen MR) is 133 cm³/mol. The lowest BCUT2D eigenvalue weighted by molar-refractivity contribution is 0.0713. The lowest BCUT2D eigenvalue weighted by atomic mass is 9.89.